The maximum atomic E-state index is 12.3. The van der Waals surface area contributed by atoms with Gasteiger partial charge in [-0.25, -0.2) is 9.59 Å². The van der Waals surface area contributed by atoms with E-state index in [1.165, 1.54) is 16.7 Å². The molecule has 0 radical (unpaired) electrons. The number of nitrogens with one attached hydrogen (secondary N) is 1. The van der Waals surface area contributed by atoms with Crippen LogP contribution in [0.25, 0.3) is 11.1 Å². The van der Waals surface area contributed by atoms with Crippen molar-refractivity contribution in [1.82, 2.24) is 10.2 Å². The highest BCUT2D eigenvalue weighted by Gasteiger charge is 2.35. The number of fused-ring (bicyclic) bond motifs is 3. The molecule has 9 heteroatoms. The van der Waals surface area contributed by atoms with Gasteiger partial charge in [0.15, 0.2) is 0 Å². The van der Waals surface area contributed by atoms with Crippen molar-refractivity contribution >= 4 is 29.7 Å². The first kappa shape index (κ1) is 22.2. The molecule has 4 rings (SSSR count). The molecule has 2 unspecified atom stereocenters. The van der Waals surface area contributed by atoms with E-state index in [1.54, 1.807) is 0 Å². The molecule has 1 fully saturated rings. The highest BCUT2D eigenvalue weighted by molar-refractivity contribution is 7.99. The van der Waals surface area contributed by atoms with E-state index in [0.29, 0.717) is 5.75 Å². The van der Waals surface area contributed by atoms with Gasteiger partial charge in [-0.2, -0.15) is 0 Å². The van der Waals surface area contributed by atoms with E-state index in [0.717, 1.165) is 22.3 Å². The number of benzene rings is 2. The minimum atomic E-state index is -1.14. The number of hydrogen-bond acceptors (Lipinski definition) is 6. The molecule has 2 aromatic rings. The maximum absolute atomic E-state index is 12.3. The van der Waals surface area contributed by atoms with E-state index in [9.17, 15) is 24.6 Å². The van der Waals surface area contributed by atoms with Gasteiger partial charge in [0, 0.05) is 18.2 Å². The van der Waals surface area contributed by atoms with E-state index in [-0.39, 0.29) is 31.4 Å². The second-order valence-corrected chi connectivity index (χ2v) is 8.78. The molecule has 1 aliphatic carbocycles. The van der Waals surface area contributed by atoms with Gasteiger partial charge in [-0.3, -0.25) is 4.79 Å². The van der Waals surface area contributed by atoms with Crippen LogP contribution in [0.1, 0.15) is 23.5 Å². The zero-order valence-electron chi connectivity index (χ0n) is 17.3. The number of ether oxygens (including phenoxy) is 1. The lowest BCUT2D eigenvalue weighted by molar-refractivity contribution is -0.148. The first-order valence-electron chi connectivity index (χ1n) is 10.3. The smallest absolute Gasteiger partial charge is 0.407 e. The molecule has 2 amide bonds. The zero-order valence-corrected chi connectivity index (χ0v) is 18.1. The molecule has 0 spiro atoms. The molecule has 3 N–H and O–H groups in total. The van der Waals surface area contributed by atoms with Gasteiger partial charge >= 0.3 is 12.1 Å². The molecule has 0 saturated carbocycles. The molecular weight excluding hydrogens is 432 g/mol. The lowest BCUT2D eigenvalue weighted by atomic mass is 9.98. The lowest BCUT2D eigenvalue weighted by Gasteiger charge is -2.22. The van der Waals surface area contributed by atoms with Gasteiger partial charge in [-0.05, 0) is 22.3 Å². The molecule has 2 aliphatic rings. The molecule has 0 bridgehead atoms. The summed E-state index contributed by atoms with van der Waals surface area (Å²) in [4.78, 5) is 36.9. The van der Waals surface area contributed by atoms with Crippen molar-refractivity contribution in [2.75, 3.05) is 24.8 Å². The van der Waals surface area contributed by atoms with Crippen molar-refractivity contribution in [3.05, 3.63) is 59.7 Å². The summed E-state index contributed by atoms with van der Waals surface area (Å²) in [5.41, 5.74) is 4.46. The molecule has 8 nitrogen and oxygen atoms in total. The Kier molecular flexibility index (Phi) is 6.66. The number of carbonyl (C=O) groups excluding carboxylic acids is 2. The number of hydrogen-bond donors (Lipinski definition) is 3. The second-order valence-electron chi connectivity index (χ2n) is 7.78. The number of alkyl carbamates (subject to hydrolysis) is 1. The van der Waals surface area contributed by atoms with Crippen LogP contribution in [-0.4, -0.2) is 70.0 Å². The third-order valence-corrected chi connectivity index (χ3v) is 6.74. The Labute approximate surface area is 189 Å². The molecule has 1 aliphatic heterocycles. The maximum Gasteiger partial charge on any atom is 0.407 e. The number of aliphatic hydroxyl groups excluding tert-OH is 1. The van der Waals surface area contributed by atoms with Gasteiger partial charge in [-0.15, -0.1) is 11.8 Å². The number of carboxylic acid groups (broad SMARTS) is 1. The van der Waals surface area contributed by atoms with E-state index in [1.807, 2.05) is 36.4 Å². The van der Waals surface area contributed by atoms with Gasteiger partial charge < -0.3 is 25.2 Å². The van der Waals surface area contributed by atoms with Crippen molar-refractivity contribution in [2.45, 2.75) is 24.5 Å². The van der Waals surface area contributed by atoms with Crippen LogP contribution >= 0.6 is 11.8 Å². The van der Waals surface area contributed by atoms with E-state index in [4.69, 9.17) is 4.74 Å². The van der Waals surface area contributed by atoms with Gasteiger partial charge in [-0.1, -0.05) is 48.5 Å². The summed E-state index contributed by atoms with van der Waals surface area (Å²) in [7, 11) is 0. The van der Waals surface area contributed by atoms with E-state index in [2.05, 4.69) is 17.4 Å². The van der Waals surface area contributed by atoms with Crippen molar-refractivity contribution < 1.29 is 29.3 Å². The Hall–Kier alpha value is -3.04. The molecule has 168 valence electrons. The summed E-state index contributed by atoms with van der Waals surface area (Å²) in [5, 5.41) is 21.8. The summed E-state index contributed by atoms with van der Waals surface area (Å²) in [5.74, 6) is -0.976. The number of aliphatic hydroxyl groups is 1. The summed E-state index contributed by atoms with van der Waals surface area (Å²) in [6.45, 7) is -0.0126. The van der Waals surface area contributed by atoms with Crippen LogP contribution in [0.3, 0.4) is 0 Å². The fourth-order valence-corrected chi connectivity index (χ4v) is 5.31. The van der Waals surface area contributed by atoms with Gasteiger partial charge in [0.2, 0.25) is 5.91 Å². The van der Waals surface area contributed by atoms with Crippen molar-refractivity contribution in [2.24, 2.45) is 0 Å². The normalized spacial score (nSPS) is 18.0. The average Bonchev–Trinajstić information content (AvgIpc) is 3.40. The summed E-state index contributed by atoms with van der Waals surface area (Å²) in [6, 6.07) is 15.1. The predicted octanol–water partition coefficient (Wildman–Crippen LogP) is 2.26. The third-order valence-electron chi connectivity index (χ3n) is 5.72. The zero-order chi connectivity index (χ0) is 22.7. The average molecular weight is 457 g/mol. The van der Waals surface area contributed by atoms with Crippen LogP contribution in [0, 0.1) is 0 Å². The Balaban J connectivity index is 1.27. The Morgan fingerprint density at radius 1 is 1.09 bits per heavy atom. The second kappa shape index (κ2) is 9.62. The van der Waals surface area contributed by atoms with Gasteiger partial charge in [0.05, 0.1) is 18.4 Å². The number of nitrogens with zero attached hydrogens (tertiary/aromatic N) is 1. The number of rotatable bonds is 7. The van der Waals surface area contributed by atoms with E-state index >= 15 is 0 Å². The lowest BCUT2D eigenvalue weighted by Crippen LogP contribution is -2.44. The monoisotopic (exact) mass is 456 g/mol. The van der Waals surface area contributed by atoms with Crippen LogP contribution in [0.15, 0.2) is 48.5 Å². The molecule has 0 aromatic heterocycles. The van der Waals surface area contributed by atoms with Crippen LogP contribution < -0.4 is 5.32 Å². The molecule has 1 saturated heterocycles. The van der Waals surface area contributed by atoms with Crippen LogP contribution in [0.5, 0.6) is 0 Å². The van der Waals surface area contributed by atoms with Gasteiger partial charge in [0.1, 0.15) is 12.6 Å². The van der Waals surface area contributed by atoms with Gasteiger partial charge in [0.25, 0.3) is 0 Å². The fraction of sp³-hybridized carbons (Fsp3) is 0.348. The van der Waals surface area contributed by atoms with Crippen molar-refractivity contribution in [3.8, 4) is 11.1 Å². The number of aliphatic carboxylic acids is 1. The van der Waals surface area contributed by atoms with Crippen LogP contribution in [0.4, 0.5) is 4.79 Å². The number of thioether (sulfide) groups is 1. The third kappa shape index (κ3) is 4.58. The molecule has 2 atom stereocenters. The predicted molar refractivity (Wildman–Crippen MR) is 119 cm³/mol. The molecule has 1 heterocycles. The van der Waals surface area contributed by atoms with Crippen LogP contribution in [0.2, 0.25) is 0 Å². The van der Waals surface area contributed by atoms with Crippen molar-refractivity contribution in [1.29, 1.82) is 0 Å². The Morgan fingerprint density at radius 3 is 2.34 bits per heavy atom. The highest BCUT2D eigenvalue weighted by Crippen LogP contribution is 2.44. The highest BCUT2D eigenvalue weighted by atomic mass is 32.2. The first-order valence-corrected chi connectivity index (χ1v) is 11.5. The SMILES string of the molecule is O=C(NCC(O)CC(=O)N1CSCC1C(=O)O)OCC1c2ccccc2-c2ccccc21. The minimum absolute atomic E-state index is 0.0692. The van der Waals surface area contributed by atoms with Crippen LogP contribution in [-0.2, 0) is 14.3 Å². The number of carbonyl (C=O) groups is 3. The summed E-state index contributed by atoms with van der Waals surface area (Å²) < 4.78 is 5.41. The van der Waals surface area contributed by atoms with Crippen molar-refractivity contribution in [3.63, 3.8) is 0 Å². The fourth-order valence-electron chi connectivity index (χ4n) is 4.13. The molecular formula is C23H24N2O6S. The topological polar surface area (TPSA) is 116 Å². The molecule has 32 heavy (non-hydrogen) atoms. The number of carboxylic acids is 1. The molecule has 2 aromatic carbocycles. The summed E-state index contributed by atoms with van der Waals surface area (Å²) in [6.07, 6.45) is -2.09. The van der Waals surface area contributed by atoms with E-state index < -0.39 is 30.1 Å². The quantitative estimate of drug-likeness (QED) is 0.585. The standard InChI is InChI=1S/C23H24N2O6S/c26-14(9-21(27)25-13-32-12-20(25)22(28)29)10-24-23(30)31-11-19-17-7-3-1-5-15(17)16-6-2-4-8-18(16)19/h1-8,14,19-20,26H,9-13H2,(H,24,30)(H,28,29). The first-order chi connectivity index (χ1) is 15.5. The Bertz CT molecular complexity index is 984. The summed E-state index contributed by atoms with van der Waals surface area (Å²) >= 11 is 1.35. The number of amides is 2. The largest absolute Gasteiger partial charge is 0.480 e. The minimum Gasteiger partial charge on any atom is -0.480 e. The Morgan fingerprint density at radius 2 is 1.72 bits per heavy atom.